The van der Waals surface area contributed by atoms with Crippen LogP contribution in [-0.2, 0) is 0 Å². The Kier molecular flexibility index (Phi) is 4.15. The first-order valence-electron chi connectivity index (χ1n) is 4.71. The van der Waals surface area contributed by atoms with Crippen LogP contribution >= 0.6 is 11.6 Å². The number of aromatic hydroxyl groups is 1. The number of nitrogens with zero attached hydrogens (tertiary/aromatic N) is 1. The second-order valence-corrected chi connectivity index (χ2v) is 3.81. The fraction of sp³-hybridized carbons (Fsp3) is 0.273. The highest BCUT2D eigenvalue weighted by Crippen LogP contribution is 2.20. The molecule has 0 heterocycles. The Bertz CT molecular complexity index is 440. The van der Waals surface area contributed by atoms with Crippen molar-refractivity contribution < 1.29 is 9.90 Å². The van der Waals surface area contributed by atoms with Crippen LogP contribution in [0.2, 0.25) is 5.02 Å². The molecule has 0 aliphatic heterocycles. The molecule has 1 unspecified atom stereocenters. The second kappa shape index (κ2) is 5.38. The topological polar surface area (TPSA) is 73.1 Å². The van der Waals surface area contributed by atoms with E-state index in [1.807, 2.05) is 6.07 Å². The molecule has 0 fully saturated rings. The van der Waals surface area contributed by atoms with Gasteiger partial charge in [0.25, 0.3) is 5.91 Å². The lowest BCUT2D eigenvalue weighted by atomic mass is 10.1. The van der Waals surface area contributed by atoms with Crippen molar-refractivity contribution in [3.63, 3.8) is 0 Å². The number of phenolic OH excluding ortho intramolecular Hbond substituents is 1. The highest BCUT2D eigenvalue weighted by Gasteiger charge is 2.11. The monoisotopic (exact) mass is 238 g/mol. The van der Waals surface area contributed by atoms with Crippen molar-refractivity contribution in [1.82, 2.24) is 5.32 Å². The number of nitriles is 1. The molecule has 0 bridgehead atoms. The molecule has 1 amide bonds. The zero-order valence-corrected chi connectivity index (χ0v) is 9.45. The molecule has 4 nitrogen and oxygen atoms in total. The van der Waals surface area contributed by atoms with Crippen molar-refractivity contribution in [1.29, 1.82) is 5.26 Å². The summed E-state index contributed by atoms with van der Waals surface area (Å²) in [4.78, 5) is 11.6. The third-order valence-electron chi connectivity index (χ3n) is 1.98. The molecule has 0 saturated heterocycles. The third kappa shape index (κ3) is 3.14. The van der Waals surface area contributed by atoms with E-state index in [4.69, 9.17) is 16.9 Å². The Morgan fingerprint density at radius 3 is 3.00 bits per heavy atom. The van der Waals surface area contributed by atoms with Crippen LogP contribution in [0.3, 0.4) is 0 Å². The van der Waals surface area contributed by atoms with E-state index in [2.05, 4.69) is 5.32 Å². The first kappa shape index (κ1) is 12.3. The minimum absolute atomic E-state index is 0.0251. The lowest BCUT2D eigenvalue weighted by Crippen LogP contribution is -2.27. The van der Waals surface area contributed by atoms with E-state index in [0.29, 0.717) is 0 Å². The van der Waals surface area contributed by atoms with E-state index >= 15 is 0 Å². The largest absolute Gasteiger partial charge is 0.508 e. The lowest BCUT2D eigenvalue weighted by molar-refractivity contribution is 0.0950. The van der Waals surface area contributed by atoms with Crippen molar-refractivity contribution in [2.24, 2.45) is 5.92 Å². The summed E-state index contributed by atoms with van der Waals surface area (Å²) in [6.45, 7) is 1.95. The van der Waals surface area contributed by atoms with E-state index in [0.717, 1.165) is 0 Å². The predicted octanol–water partition coefficient (Wildman–Crippen LogP) is 1.94. The third-order valence-corrected chi connectivity index (χ3v) is 2.31. The standard InChI is InChI=1S/C11H11ClN2O2/c1-7(5-13)6-14-11(16)9-4-8(15)2-3-10(9)12/h2-4,7,15H,6H2,1H3,(H,14,16). The van der Waals surface area contributed by atoms with Crippen LogP contribution in [0, 0.1) is 17.2 Å². The smallest absolute Gasteiger partial charge is 0.252 e. The van der Waals surface area contributed by atoms with Crippen molar-refractivity contribution in [3.05, 3.63) is 28.8 Å². The summed E-state index contributed by atoms with van der Waals surface area (Å²) in [6, 6.07) is 6.13. The number of rotatable bonds is 3. The average Bonchev–Trinajstić information content (AvgIpc) is 2.28. The molecule has 0 saturated carbocycles. The summed E-state index contributed by atoms with van der Waals surface area (Å²) < 4.78 is 0. The van der Waals surface area contributed by atoms with Gasteiger partial charge in [-0.2, -0.15) is 5.26 Å². The van der Waals surface area contributed by atoms with Gasteiger partial charge in [0.05, 0.1) is 22.6 Å². The Morgan fingerprint density at radius 2 is 2.38 bits per heavy atom. The fourth-order valence-corrected chi connectivity index (χ4v) is 1.28. The van der Waals surface area contributed by atoms with Gasteiger partial charge in [-0.3, -0.25) is 4.79 Å². The summed E-state index contributed by atoms with van der Waals surface area (Å²) in [5, 5.41) is 20.6. The Hall–Kier alpha value is -1.73. The Morgan fingerprint density at radius 1 is 1.69 bits per heavy atom. The van der Waals surface area contributed by atoms with Crippen LogP contribution in [0.15, 0.2) is 18.2 Å². The normalized spacial score (nSPS) is 11.6. The molecule has 1 atom stereocenters. The van der Waals surface area contributed by atoms with Gasteiger partial charge in [0, 0.05) is 6.54 Å². The zero-order chi connectivity index (χ0) is 12.1. The maximum absolute atomic E-state index is 11.6. The molecule has 5 heteroatoms. The van der Waals surface area contributed by atoms with Gasteiger partial charge in [-0.15, -0.1) is 0 Å². The van der Waals surface area contributed by atoms with Gasteiger partial charge >= 0.3 is 0 Å². The number of benzene rings is 1. The molecule has 0 radical (unpaired) electrons. The number of phenols is 1. The molecule has 1 aromatic carbocycles. The summed E-state index contributed by atoms with van der Waals surface area (Å²) in [5.74, 6) is -0.689. The van der Waals surface area contributed by atoms with Gasteiger partial charge in [0.2, 0.25) is 0 Å². The number of carbonyl (C=O) groups excluding carboxylic acids is 1. The van der Waals surface area contributed by atoms with E-state index < -0.39 is 5.91 Å². The van der Waals surface area contributed by atoms with Crippen molar-refractivity contribution in [3.8, 4) is 11.8 Å². The molecule has 0 aliphatic carbocycles. The zero-order valence-electron chi connectivity index (χ0n) is 8.70. The average molecular weight is 239 g/mol. The van der Waals surface area contributed by atoms with E-state index in [1.54, 1.807) is 6.92 Å². The van der Waals surface area contributed by atoms with E-state index in [1.165, 1.54) is 18.2 Å². The molecule has 0 spiro atoms. The first-order chi connectivity index (χ1) is 7.54. The molecule has 1 aromatic rings. The van der Waals surface area contributed by atoms with Crippen LogP contribution in [0.1, 0.15) is 17.3 Å². The maximum atomic E-state index is 11.6. The van der Waals surface area contributed by atoms with Crippen LogP contribution in [0.25, 0.3) is 0 Å². The lowest BCUT2D eigenvalue weighted by Gasteiger charge is -2.07. The Balaban J connectivity index is 2.74. The summed E-state index contributed by atoms with van der Waals surface area (Å²) in [6.07, 6.45) is 0. The maximum Gasteiger partial charge on any atom is 0.252 e. The van der Waals surface area contributed by atoms with Crippen LogP contribution in [0.4, 0.5) is 0 Å². The quantitative estimate of drug-likeness (QED) is 0.845. The fourth-order valence-electron chi connectivity index (χ4n) is 1.07. The number of amides is 1. The molecular weight excluding hydrogens is 228 g/mol. The van der Waals surface area contributed by atoms with Crippen LogP contribution in [0.5, 0.6) is 5.75 Å². The van der Waals surface area contributed by atoms with Gasteiger partial charge in [-0.1, -0.05) is 11.6 Å². The summed E-state index contributed by atoms with van der Waals surface area (Å²) in [7, 11) is 0. The number of halogens is 1. The number of hydrogen-bond donors (Lipinski definition) is 2. The van der Waals surface area contributed by atoms with E-state index in [-0.39, 0.29) is 28.8 Å². The first-order valence-corrected chi connectivity index (χ1v) is 5.08. The molecule has 0 aliphatic rings. The Labute approximate surface area is 98.5 Å². The van der Waals surface area contributed by atoms with Gasteiger partial charge < -0.3 is 10.4 Å². The van der Waals surface area contributed by atoms with Crippen molar-refractivity contribution >= 4 is 17.5 Å². The number of carbonyl (C=O) groups is 1. The summed E-state index contributed by atoms with van der Waals surface area (Å²) >= 11 is 5.80. The van der Waals surface area contributed by atoms with E-state index in [9.17, 15) is 9.90 Å². The van der Waals surface area contributed by atoms with Crippen molar-refractivity contribution in [2.75, 3.05) is 6.54 Å². The molecule has 16 heavy (non-hydrogen) atoms. The van der Waals surface area contributed by atoms with Crippen molar-refractivity contribution in [2.45, 2.75) is 6.92 Å². The SMILES string of the molecule is CC(C#N)CNC(=O)c1cc(O)ccc1Cl. The molecule has 2 N–H and O–H groups in total. The van der Waals surface area contributed by atoms with Gasteiger partial charge in [-0.25, -0.2) is 0 Å². The number of hydrogen-bond acceptors (Lipinski definition) is 3. The van der Waals surface area contributed by atoms with Crippen LogP contribution in [-0.4, -0.2) is 17.6 Å². The second-order valence-electron chi connectivity index (χ2n) is 3.40. The van der Waals surface area contributed by atoms with Gasteiger partial charge in [0.1, 0.15) is 5.75 Å². The molecule has 84 valence electrons. The van der Waals surface area contributed by atoms with Gasteiger partial charge in [0.15, 0.2) is 0 Å². The molecule has 0 aromatic heterocycles. The molecule has 1 rings (SSSR count). The molecular formula is C11H11ClN2O2. The minimum atomic E-state index is -0.400. The highest BCUT2D eigenvalue weighted by molar-refractivity contribution is 6.33. The summed E-state index contributed by atoms with van der Waals surface area (Å²) in [5.41, 5.74) is 0.201. The van der Waals surface area contributed by atoms with Gasteiger partial charge in [-0.05, 0) is 25.1 Å². The van der Waals surface area contributed by atoms with Crippen LogP contribution < -0.4 is 5.32 Å². The predicted molar refractivity (Wildman–Crippen MR) is 60.2 cm³/mol. The highest BCUT2D eigenvalue weighted by atomic mass is 35.5. The number of nitrogens with one attached hydrogen (secondary N) is 1. The minimum Gasteiger partial charge on any atom is -0.508 e.